The molecule has 0 N–H and O–H groups in total. The first-order chi connectivity index (χ1) is 10.8. The molecule has 24 heavy (non-hydrogen) atoms. The van der Waals surface area contributed by atoms with Gasteiger partial charge in [-0.05, 0) is 6.42 Å². The van der Waals surface area contributed by atoms with Gasteiger partial charge in [0.15, 0.2) is 0 Å². The second kappa shape index (κ2) is 9.15. The summed E-state index contributed by atoms with van der Waals surface area (Å²) in [5, 5.41) is 0. The van der Waals surface area contributed by atoms with Crippen molar-refractivity contribution in [3.8, 4) is 0 Å². The monoisotopic (exact) mass is 394 g/mol. The first-order valence-electron chi connectivity index (χ1n) is 6.76. The van der Waals surface area contributed by atoms with Crippen LogP contribution in [0.2, 0.25) is 0 Å². The van der Waals surface area contributed by atoms with Crippen molar-refractivity contribution in [1.29, 1.82) is 0 Å². The highest BCUT2D eigenvalue weighted by atomic mass is 32.2. The van der Waals surface area contributed by atoms with Crippen molar-refractivity contribution >= 4 is 10.1 Å². The Hall–Kier alpha value is -0.660. The zero-order valence-electron chi connectivity index (χ0n) is 12.5. The van der Waals surface area contributed by atoms with Crippen LogP contribution in [0.5, 0.6) is 0 Å². The number of alkyl halides is 7. The SMILES string of the molecule is CCCCCCOCCOC(F)(F)C(F)(F)OS(=O)(=O)C(F)(F)F. The molecular formula is C11H17F7O5S. The first kappa shape index (κ1) is 23.3. The van der Waals surface area contributed by atoms with E-state index in [0.29, 0.717) is 6.42 Å². The van der Waals surface area contributed by atoms with E-state index < -0.39 is 41.1 Å². The summed E-state index contributed by atoms with van der Waals surface area (Å²) < 4.78 is 119. The average molecular weight is 394 g/mol. The molecule has 0 aliphatic carbocycles. The molecule has 0 saturated carbocycles. The van der Waals surface area contributed by atoms with Gasteiger partial charge >= 0.3 is 27.8 Å². The van der Waals surface area contributed by atoms with Gasteiger partial charge in [0.1, 0.15) is 0 Å². The van der Waals surface area contributed by atoms with Gasteiger partial charge in [-0.3, -0.25) is 0 Å². The largest absolute Gasteiger partial charge is 0.523 e. The maximum atomic E-state index is 13.0. The summed E-state index contributed by atoms with van der Waals surface area (Å²) in [7, 11) is -6.93. The number of hydrogen-bond donors (Lipinski definition) is 0. The smallest absolute Gasteiger partial charge is 0.379 e. The highest BCUT2D eigenvalue weighted by molar-refractivity contribution is 7.87. The van der Waals surface area contributed by atoms with Crippen LogP contribution in [0, 0.1) is 0 Å². The van der Waals surface area contributed by atoms with Gasteiger partial charge in [-0.25, -0.2) is 0 Å². The molecule has 0 spiro atoms. The van der Waals surface area contributed by atoms with Crippen molar-refractivity contribution in [1.82, 2.24) is 0 Å². The Labute approximate surface area is 134 Å². The molecule has 0 aromatic rings. The second-order valence-corrected chi connectivity index (χ2v) is 6.08. The Bertz CT molecular complexity index is 464. The van der Waals surface area contributed by atoms with Crippen molar-refractivity contribution in [2.45, 2.75) is 50.3 Å². The van der Waals surface area contributed by atoms with Crippen molar-refractivity contribution in [3.05, 3.63) is 0 Å². The molecule has 0 radical (unpaired) electrons. The third-order valence-electron chi connectivity index (χ3n) is 2.49. The third-order valence-corrected chi connectivity index (χ3v) is 3.49. The summed E-state index contributed by atoms with van der Waals surface area (Å²) in [5.41, 5.74) is -6.28. The minimum Gasteiger partial charge on any atom is -0.379 e. The highest BCUT2D eigenvalue weighted by Gasteiger charge is 2.66. The Morgan fingerprint density at radius 1 is 0.792 bits per heavy atom. The van der Waals surface area contributed by atoms with Gasteiger partial charge in [0.2, 0.25) is 0 Å². The molecule has 0 fully saturated rings. The zero-order chi connectivity index (χ0) is 19.1. The number of rotatable bonds is 12. The maximum Gasteiger partial charge on any atom is 0.523 e. The van der Waals surface area contributed by atoms with Crippen LogP contribution in [0.4, 0.5) is 30.7 Å². The molecule has 0 aliphatic rings. The van der Waals surface area contributed by atoms with E-state index in [1.54, 1.807) is 0 Å². The van der Waals surface area contributed by atoms with Gasteiger partial charge in [-0.1, -0.05) is 26.2 Å². The van der Waals surface area contributed by atoms with Crippen LogP contribution in [-0.4, -0.2) is 46.0 Å². The molecule has 146 valence electrons. The third kappa shape index (κ3) is 7.49. The average Bonchev–Trinajstić information content (AvgIpc) is 2.39. The maximum absolute atomic E-state index is 13.0. The second-order valence-electron chi connectivity index (χ2n) is 4.54. The molecule has 0 rings (SSSR count). The Kier molecular flexibility index (Phi) is 8.90. The molecule has 0 aliphatic heterocycles. The molecular weight excluding hydrogens is 377 g/mol. The van der Waals surface area contributed by atoms with Crippen LogP contribution in [0.25, 0.3) is 0 Å². The fraction of sp³-hybridized carbons (Fsp3) is 1.00. The lowest BCUT2D eigenvalue weighted by atomic mass is 10.2. The van der Waals surface area contributed by atoms with E-state index in [1.165, 1.54) is 0 Å². The minimum absolute atomic E-state index is 0.157. The normalized spacial score (nSPS) is 14.2. The highest BCUT2D eigenvalue weighted by Crippen LogP contribution is 2.40. The Morgan fingerprint density at radius 2 is 1.38 bits per heavy atom. The summed E-state index contributed by atoms with van der Waals surface area (Å²) in [6.45, 7) is 0.470. The van der Waals surface area contributed by atoms with Gasteiger partial charge in [0.25, 0.3) is 0 Å². The number of hydrogen-bond acceptors (Lipinski definition) is 5. The lowest BCUT2D eigenvalue weighted by Crippen LogP contribution is -2.48. The summed E-state index contributed by atoms with van der Waals surface area (Å²) >= 11 is 0. The van der Waals surface area contributed by atoms with Crippen molar-refractivity contribution < 1.29 is 52.8 Å². The molecule has 0 atom stereocenters. The van der Waals surface area contributed by atoms with E-state index in [1.807, 2.05) is 6.92 Å². The Morgan fingerprint density at radius 3 is 1.88 bits per heavy atom. The summed E-state index contributed by atoms with van der Waals surface area (Å²) in [4.78, 5) is 0. The van der Waals surface area contributed by atoms with Crippen LogP contribution in [-0.2, 0) is 23.8 Å². The Balaban J connectivity index is 4.39. The van der Waals surface area contributed by atoms with Crippen LogP contribution in [0.3, 0.4) is 0 Å². The topological polar surface area (TPSA) is 61.8 Å². The van der Waals surface area contributed by atoms with Crippen LogP contribution < -0.4 is 0 Å². The molecule has 5 nitrogen and oxygen atoms in total. The number of halogens is 7. The van der Waals surface area contributed by atoms with Crippen LogP contribution in [0.1, 0.15) is 32.6 Å². The summed E-state index contributed by atoms with van der Waals surface area (Å²) in [5.74, 6) is 0. The first-order valence-corrected chi connectivity index (χ1v) is 8.17. The summed E-state index contributed by atoms with van der Waals surface area (Å²) in [6, 6.07) is 0. The van der Waals surface area contributed by atoms with Gasteiger partial charge < -0.3 is 9.47 Å². The molecule has 0 unspecified atom stereocenters. The van der Waals surface area contributed by atoms with Crippen molar-refractivity contribution in [2.24, 2.45) is 0 Å². The predicted octanol–water partition coefficient (Wildman–Crippen LogP) is 3.65. The van der Waals surface area contributed by atoms with E-state index in [9.17, 15) is 39.2 Å². The molecule has 0 amide bonds. The quantitative estimate of drug-likeness (QED) is 0.219. The van der Waals surface area contributed by atoms with Gasteiger partial charge in [-0.15, -0.1) is 0 Å². The predicted molar refractivity (Wildman–Crippen MR) is 66.9 cm³/mol. The van der Waals surface area contributed by atoms with Crippen molar-refractivity contribution in [2.75, 3.05) is 19.8 Å². The van der Waals surface area contributed by atoms with Gasteiger partial charge in [0, 0.05) is 6.61 Å². The van der Waals surface area contributed by atoms with E-state index in [2.05, 4.69) is 8.92 Å². The summed E-state index contributed by atoms with van der Waals surface area (Å²) in [6.07, 6.45) is -8.35. The fourth-order valence-electron chi connectivity index (χ4n) is 1.28. The molecule has 13 heteroatoms. The number of unbranched alkanes of at least 4 members (excludes halogenated alkanes) is 3. The van der Waals surface area contributed by atoms with E-state index >= 15 is 0 Å². The number of ether oxygens (including phenoxy) is 2. The molecule has 0 saturated heterocycles. The van der Waals surface area contributed by atoms with Crippen LogP contribution >= 0.6 is 0 Å². The zero-order valence-corrected chi connectivity index (χ0v) is 13.4. The van der Waals surface area contributed by atoms with Gasteiger partial charge in [-0.2, -0.15) is 43.3 Å². The van der Waals surface area contributed by atoms with Crippen LogP contribution in [0.15, 0.2) is 0 Å². The van der Waals surface area contributed by atoms with E-state index in [-0.39, 0.29) is 6.61 Å². The van der Waals surface area contributed by atoms with Gasteiger partial charge in [0.05, 0.1) is 13.2 Å². The lowest BCUT2D eigenvalue weighted by molar-refractivity contribution is -0.408. The molecule has 0 aromatic carbocycles. The fourth-order valence-corrected chi connectivity index (χ4v) is 1.75. The minimum atomic E-state index is -6.93. The molecule has 0 aromatic heterocycles. The van der Waals surface area contributed by atoms with E-state index in [0.717, 1.165) is 19.3 Å². The molecule has 0 heterocycles. The standard InChI is InChI=1S/C11H17F7O5S/c1-2-3-4-5-6-21-7-8-22-9(12,13)10(14,15)23-24(19,20)11(16,17)18/h2-8H2,1H3. The van der Waals surface area contributed by atoms with E-state index in [4.69, 9.17) is 4.74 Å². The lowest BCUT2D eigenvalue weighted by Gasteiger charge is -2.25. The van der Waals surface area contributed by atoms with Crippen molar-refractivity contribution in [3.63, 3.8) is 0 Å². The molecule has 0 bridgehead atoms.